The lowest BCUT2D eigenvalue weighted by atomic mass is 9.91. The normalized spacial score (nSPS) is 22.0. The molecule has 0 radical (unpaired) electrons. The van der Waals surface area contributed by atoms with Crippen molar-refractivity contribution in [3.05, 3.63) is 34.7 Å². The van der Waals surface area contributed by atoms with Crippen molar-refractivity contribution in [3.63, 3.8) is 0 Å². The molecule has 1 aliphatic carbocycles. The van der Waals surface area contributed by atoms with Gasteiger partial charge in [-0.05, 0) is 56.6 Å². The Morgan fingerprint density at radius 2 is 1.68 bits per heavy atom. The fourth-order valence-corrected chi connectivity index (χ4v) is 5.13. The lowest BCUT2D eigenvalue weighted by Gasteiger charge is -2.31. The zero-order valence-electron chi connectivity index (χ0n) is 20.3. The van der Waals surface area contributed by atoms with Crippen molar-refractivity contribution >= 4 is 34.7 Å². The lowest BCUT2D eigenvalue weighted by Crippen LogP contribution is -2.44. The minimum Gasteiger partial charge on any atom is -0.384 e. The van der Waals surface area contributed by atoms with E-state index in [4.69, 9.17) is 27.9 Å². The monoisotopic (exact) mass is 561 g/mol. The summed E-state index contributed by atoms with van der Waals surface area (Å²) in [6.07, 6.45) is 1.28. The van der Waals surface area contributed by atoms with Gasteiger partial charge >= 0.3 is 6.18 Å². The summed E-state index contributed by atoms with van der Waals surface area (Å²) in [5, 5.41) is 19.7. The summed E-state index contributed by atoms with van der Waals surface area (Å²) < 4.78 is 43.0. The number of rotatable bonds is 9. The van der Waals surface area contributed by atoms with Crippen molar-refractivity contribution in [1.29, 1.82) is 0 Å². The zero-order valence-corrected chi connectivity index (χ0v) is 21.8. The van der Waals surface area contributed by atoms with Crippen LogP contribution in [-0.2, 0) is 4.74 Å². The number of aliphatic hydroxyl groups is 1. The predicted octanol–water partition coefficient (Wildman–Crippen LogP) is 5.52. The van der Waals surface area contributed by atoms with Gasteiger partial charge in [0.15, 0.2) is 6.10 Å². The highest BCUT2D eigenvalue weighted by Gasteiger charge is 2.38. The van der Waals surface area contributed by atoms with Gasteiger partial charge in [-0.3, -0.25) is 0 Å². The third-order valence-corrected chi connectivity index (χ3v) is 7.58. The molecule has 1 aliphatic heterocycles. The van der Waals surface area contributed by atoms with E-state index in [0.717, 1.165) is 51.1 Å². The van der Waals surface area contributed by atoms with Crippen molar-refractivity contribution in [3.8, 4) is 11.1 Å². The second-order valence-electron chi connectivity index (χ2n) is 9.71. The standard InChI is InChI=1S/C25H32Cl2F3N5O2/c26-21-13-33-23(35-17-3-1-16(2-4-17)32-14-22(36)25(28,29)30)10-19(21)20-9-18(12-34-24(20)27)31-11-15-5-7-37-8-6-15/h9-10,12-13,15-17,22,31-32,36H,1-8,11,14H2,(H,33,35)/t16?,17?,22-/m0/s1. The molecular formula is C25H32Cl2F3N5O2. The van der Waals surface area contributed by atoms with Crippen LogP contribution in [0.4, 0.5) is 24.7 Å². The van der Waals surface area contributed by atoms with Gasteiger partial charge in [0, 0.05) is 55.7 Å². The van der Waals surface area contributed by atoms with Crippen molar-refractivity contribution < 1.29 is 23.0 Å². The number of ether oxygens (including phenoxy) is 1. The summed E-state index contributed by atoms with van der Waals surface area (Å²) in [7, 11) is 0. The Morgan fingerprint density at radius 1 is 0.973 bits per heavy atom. The molecule has 1 saturated heterocycles. The van der Waals surface area contributed by atoms with Crippen molar-refractivity contribution in [1.82, 2.24) is 15.3 Å². The summed E-state index contributed by atoms with van der Waals surface area (Å²) in [5.74, 6) is 1.19. The molecule has 1 atom stereocenters. The van der Waals surface area contributed by atoms with Gasteiger partial charge in [0.05, 0.1) is 16.9 Å². The number of anilines is 2. The summed E-state index contributed by atoms with van der Waals surface area (Å²) >= 11 is 12.9. The van der Waals surface area contributed by atoms with Gasteiger partial charge in [-0.1, -0.05) is 23.2 Å². The van der Waals surface area contributed by atoms with Crippen LogP contribution in [0.3, 0.4) is 0 Å². The first-order valence-electron chi connectivity index (χ1n) is 12.6. The van der Waals surface area contributed by atoms with E-state index in [1.807, 2.05) is 12.1 Å². The maximum Gasteiger partial charge on any atom is 0.415 e. The molecule has 0 aromatic carbocycles. The number of alkyl halides is 3. The van der Waals surface area contributed by atoms with E-state index in [2.05, 4.69) is 25.9 Å². The van der Waals surface area contributed by atoms with E-state index < -0.39 is 18.8 Å². The lowest BCUT2D eigenvalue weighted by molar-refractivity contribution is -0.202. The summed E-state index contributed by atoms with van der Waals surface area (Å²) in [6.45, 7) is 1.91. The first-order chi connectivity index (χ1) is 17.7. The number of nitrogens with zero attached hydrogens (tertiary/aromatic N) is 2. The maximum absolute atomic E-state index is 12.5. The highest BCUT2D eigenvalue weighted by atomic mass is 35.5. The van der Waals surface area contributed by atoms with Crippen LogP contribution in [0.1, 0.15) is 38.5 Å². The minimum atomic E-state index is -4.61. The first kappa shape index (κ1) is 28.2. The quantitative estimate of drug-likeness (QED) is 0.299. The molecule has 4 rings (SSSR count). The summed E-state index contributed by atoms with van der Waals surface area (Å²) in [5.41, 5.74) is 2.27. The molecule has 2 aliphatic rings. The van der Waals surface area contributed by atoms with Crippen LogP contribution < -0.4 is 16.0 Å². The Morgan fingerprint density at radius 3 is 2.38 bits per heavy atom. The molecule has 0 bridgehead atoms. The van der Waals surface area contributed by atoms with Gasteiger partial charge in [-0.2, -0.15) is 13.2 Å². The van der Waals surface area contributed by atoms with Crippen LogP contribution in [-0.4, -0.2) is 65.7 Å². The molecule has 2 aromatic heterocycles. The average molecular weight is 562 g/mol. The van der Waals surface area contributed by atoms with E-state index >= 15 is 0 Å². The fourth-order valence-electron chi connectivity index (χ4n) is 4.72. The van der Waals surface area contributed by atoms with Gasteiger partial charge in [-0.15, -0.1) is 0 Å². The van der Waals surface area contributed by atoms with Gasteiger partial charge in [0.1, 0.15) is 11.0 Å². The number of nitrogens with one attached hydrogen (secondary N) is 3. The van der Waals surface area contributed by atoms with Crippen LogP contribution in [0.5, 0.6) is 0 Å². The zero-order chi connectivity index (χ0) is 26.4. The van der Waals surface area contributed by atoms with Crippen molar-refractivity contribution in [2.75, 3.05) is 36.9 Å². The van der Waals surface area contributed by atoms with Crippen LogP contribution in [0.15, 0.2) is 24.5 Å². The van der Waals surface area contributed by atoms with Crippen molar-refractivity contribution in [2.24, 2.45) is 5.92 Å². The largest absolute Gasteiger partial charge is 0.415 e. The number of hydrogen-bond donors (Lipinski definition) is 4. The number of hydrogen-bond acceptors (Lipinski definition) is 7. The summed E-state index contributed by atoms with van der Waals surface area (Å²) in [6, 6.07) is 3.84. The Balaban J connectivity index is 1.35. The molecule has 3 heterocycles. The SMILES string of the molecule is O[C@@H](CNC1CCC(Nc2cc(-c3cc(NCC4CCOCC4)cnc3Cl)c(Cl)cn2)CC1)C(F)(F)F. The third kappa shape index (κ3) is 8.07. The van der Waals surface area contributed by atoms with E-state index in [1.54, 1.807) is 12.4 Å². The molecule has 4 N–H and O–H groups in total. The maximum atomic E-state index is 12.5. The molecule has 0 amide bonds. The number of pyridine rings is 2. The Kier molecular flexibility index (Phi) is 9.74. The van der Waals surface area contributed by atoms with E-state index in [1.165, 1.54) is 0 Å². The Labute approximate surface area is 224 Å². The van der Waals surface area contributed by atoms with E-state index in [-0.39, 0.29) is 12.1 Å². The molecule has 2 aromatic rings. The van der Waals surface area contributed by atoms with Gasteiger partial charge < -0.3 is 25.8 Å². The van der Waals surface area contributed by atoms with Crippen LogP contribution in [0, 0.1) is 5.92 Å². The Bertz CT molecular complexity index is 1030. The highest BCUT2D eigenvalue weighted by molar-refractivity contribution is 6.36. The van der Waals surface area contributed by atoms with Gasteiger partial charge in [0.25, 0.3) is 0 Å². The molecule has 204 valence electrons. The van der Waals surface area contributed by atoms with Crippen LogP contribution in [0.25, 0.3) is 11.1 Å². The molecule has 1 saturated carbocycles. The first-order valence-corrected chi connectivity index (χ1v) is 13.3. The molecule has 2 fully saturated rings. The van der Waals surface area contributed by atoms with Crippen LogP contribution in [0.2, 0.25) is 10.2 Å². The Hall–Kier alpha value is -1.85. The summed E-state index contributed by atoms with van der Waals surface area (Å²) in [4.78, 5) is 8.75. The predicted molar refractivity (Wildman–Crippen MR) is 139 cm³/mol. The smallest absolute Gasteiger partial charge is 0.384 e. The molecule has 12 heteroatoms. The van der Waals surface area contributed by atoms with E-state index in [9.17, 15) is 18.3 Å². The van der Waals surface area contributed by atoms with Gasteiger partial charge in [-0.25, -0.2) is 9.97 Å². The topological polar surface area (TPSA) is 91.3 Å². The molecular weight excluding hydrogens is 530 g/mol. The van der Waals surface area contributed by atoms with Crippen molar-refractivity contribution in [2.45, 2.75) is 62.9 Å². The van der Waals surface area contributed by atoms with E-state index in [0.29, 0.717) is 45.9 Å². The fraction of sp³-hybridized carbons (Fsp3) is 0.600. The molecule has 37 heavy (non-hydrogen) atoms. The second-order valence-corrected chi connectivity index (χ2v) is 10.5. The average Bonchev–Trinajstić information content (AvgIpc) is 2.89. The highest BCUT2D eigenvalue weighted by Crippen LogP contribution is 2.35. The number of aromatic nitrogens is 2. The van der Waals surface area contributed by atoms with Crippen LogP contribution >= 0.6 is 23.2 Å². The van der Waals surface area contributed by atoms with Gasteiger partial charge in [0.2, 0.25) is 0 Å². The number of aliphatic hydroxyl groups excluding tert-OH is 1. The minimum absolute atomic E-state index is 0.0648. The third-order valence-electron chi connectivity index (χ3n) is 6.98. The molecule has 0 spiro atoms. The molecule has 7 nitrogen and oxygen atoms in total. The number of halogens is 5. The molecule has 0 unspecified atom stereocenters. The second kappa shape index (κ2) is 12.8.